The van der Waals surface area contributed by atoms with Crippen molar-refractivity contribution in [2.24, 2.45) is 0 Å². The van der Waals surface area contributed by atoms with E-state index in [0.29, 0.717) is 12.2 Å². The lowest BCUT2D eigenvalue weighted by Crippen LogP contribution is -2.44. The van der Waals surface area contributed by atoms with Gasteiger partial charge in [0, 0.05) is 18.5 Å². The minimum Gasteiger partial charge on any atom is -0.483 e. The number of hydrogen-bond donors (Lipinski definition) is 2. The highest BCUT2D eigenvalue weighted by Gasteiger charge is 2.14. The molecule has 0 radical (unpaired) electrons. The van der Waals surface area contributed by atoms with Crippen LogP contribution in [0.1, 0.15) is 23.4 Å². The van der Waals surface area contributed by atoms with Crippen LogP contribution in [0.15, 0.2) is 72.8 Å². The molecule has 2 N–H and O–H groups in total. The number of hydrazine groups is 1. The van der Waals surface area contributed by atoms with Gasteiger partial charge < -0.3 is 4.74 Å². The van der Waals surface area contributed by atoms with E-state index in [1.165, 1.54) is 0 Å². The molecule has 1 heterocycles. The standard InChI is InChI=1S/C26H26N4O3/c1-18-12-13-19(2)23(16-18)33-17-26(32)29-28-25(31)15-14-24-27-21-10-6-7-11-22(21)30(24)20-8-4-3-5-9-20/h3-13,16H,14-15,17H2,1-2H3,(H,28,31)(H,29,32). The minimum atomic E-state index is -0.430. The second-order valence-electron chi connectivity index (χ2n) is 7.84. The molecular formula is C26H26N4O3. The normalized spacial score (nSPS) is 10.7. The molecule has 7 nitrogen and oxygen atoms in total. The molecule has 4 rings (SSSR count). The maximum absolute atomic E-state index is 12.4. The second kappa shape index (κ2) is 9.99. The molecule has 0 bridgehead atoms. The fraction of sp³-hybridized carbons (Fsp3) is 0.192. The van der Waals surface area contributed by atoms with Crippen LogP contribution in [0.3, 0.4) is 0 Å². The van der Waals surface area contributed by atoms with Crippen LogP contribution in [-0.2, 0) is 16.0 Å². The number of nitrogens with zero attached hydrogens (tertiary/aromatic N) is 2. The fourth-order valence-corrected chi connectivity index (χ4v) is 3.58. The zero-order chi connectivity index (χ0) is 23.2. The monoisotopic (exact) mass is 442 g/mol. The molecule has 0 aliphatic rings. The van der Waals surface area contributed by atoms with Crippen LogP contribution in [0.4, 0.5) is 0 Å². The molecule has 7 heteroatoms. The summed E-state index contributed by atoms with van der Waals surface area (Å²) in [4.78, 5) is 29.1. The Labute approximate surface area is 192 Å². The maximum atomic E-state index is 12.4. The summed E-state index contributed by atoms with van der Waals surface area (Å²) < 4.78 is 7.62. The van der Waals surface area contributed by atoms with Gasteiger partial charge in [-0.25, -0.2) is 4.98 Å². The van der Waals surface area contributed by atoms with Crippen LogP contribution in [-0.4, -0.2) is 28.0 Å². The Balaban J connectivity index is 1.34. The van der Waals surface area contributed by atoms with Crippen molar-refractivity contribution in [1.29, 1.82) is 0 Å². The van der Waals surface area contributed by atoms with E-state index in [-0.39, 0.29) is 18.9 Å². The topological polar surface area (TPSA) is 85.2 Å². The number of nitrogens with one attached hydrogen (secondary N) is 2. The van der Waals surface area contributed by atoms with Gasteiger partial charge >= 0.3 is 0 Å². The van der Waals surface area contributed by atoms with Gasteiger partial charge in [-0.3, -0.25) is 25.0 Å². The number of benzene rings is 3. The first-order chi connectivity index (χ1) is 16.0. The molecule has 1 aromatic heterocycles. The van der Waals surface area contributed by atoms with Crippen molar-refractivity contribution in [1.82, 2.24) is 20.4 Å². The Hall–Kier alpha value is -4.13. The number of amides is 2. The van der Waals surface area contributed by atoms with Gasteiger partial charge in [-0.05, 0) is 55.3 Å². The smallest absolute Gasteiger partial charge is 0.276 e. The maximum Gasteiger partial charge on any atom is 0.276 e. The Morgan fingerprint density at radius 1 is 0.909 bits per heavy atom. The molecule has 0 atom stereocenters. The largest absolute Gasteiger partial charge is 0.483 e. The third kappa shape index (κ3) is 5.38. The first-order valence-corrected chi connectivity index (χ1v) is 10.8. The first kappa shape index (κ1) is 22.1. The van der Waals surface area contributed by atoms with Gasteiger partial charge in [0.15, 0.2) is 6.61 Å². The summed E-state index contributed by atoms with van der Waals surface area (Å²) in [6.07, 6.45) is 0.596. The van der Waals surface area contributed by atoms with E-state index >= 15 is 0 Å². The Morgan fingerprint density at radius 2 is 1.64 bits per heavy atom. The van der Waals surface area contributed by atoms with E-state index in [1.54, 1.807) is 0 Å². The van der Waals surface area contributed by atoms with Gasteiger partial charge in [0.25, 0.3) is 5.91 Å². The molecule has 0 aliphatic carbocycles. The molecule has 0 saturated carbocycles. The summed E-state index contributed by atoms with van der Waals surface area (Å²) in [5, 5.41) is 0. The van der Waals surface area contributed by atoms with Gasteiger partial charge in [0.05, 0.1) is 11.0 Å². The van der Waals surface area contributed by atoms with Crippen molar-refractivity contribution in [3.8, 4) is 11.4 Å². The number of aromatic nitrogens is 2. The number of aryl methyl sites for hydroxylation is 3. The predicted molar refractivity (Wildman–Crippen MR) is 127 cm³/mol. The van der Waals surface area contributed by atoms with Crippen LogP contribution >= 0.6 is 0 Å². The zero-order valence-electron chi connectivity index (χ0n) is 18.7. The summed E-state index contributed by atoms with van der Waals surface area (Å²) in [6.45, 7) is 3.68. The Morgan fingerprint density at radius 3 is 2.45 bits per heavy atom. The van der Waals surface area contributed by atoms with Crippen LogP contribution in [0.2, 0.25) is 0 Å². The summed E-state index contributed by atoms with van der Waals surface area (Å²) in [6, 6.07) is 23.6. The predicted octanol–water partition coefficient (Wildman–Crippen LogP) is 3.80. The average molecular weight is 443 g/mol. The molecule has 3 aromatic carbocycles. The number of fused-ring (bicyclic) bond motifs is 1. The molecule has 0 saturated heterocycles. The van der Waals surface area contributed by atoms with Crippen LogP contribution < -0.4 is 15.6 Å². The van der Waals surface area contributed by atoms with Crippen molar-refractivity contribution >= 4 is 22.8 Å². The summed E-state index contributed by atoms with van der Waals surface area (Å²) in [7, 11) is 0. The highest BCUT2D eigenvalue weighted by molar-refractivity contribution is 5.83. The molecule has 0 unspecified atom stereocenters. The number of ether oxygens (including phenoxy) is 1. The van der Waals surface area contributed by atoms with Crippen LogP contribution in [0, 0.1) is 13.8 Å². The highest BCUT2D eigenvalue weighted by Crippen LogP contribution is 2.22. The minimum absolute atomic E-state index is 0.175. The number of imidazole rings is 1. The van der Waals surface area contributed by atoms with Crippen molar-refractivity contribution < 1.29 is 14.3 Å². The molecular weight excluding hydrogens is 416 g/mol. The molecule has 2 amide bonds. The number of para-hydroxylation sites is 3. The van der Waals surface area contributed by atoms with Crippen LogP contribution in [0.25, 0.3) is 16.7 Å². The average Bonchev–Trinajstić information content (AvgIpc) is 3.21. The second-order valence-corrected chi connectivity index (χ2v) is 7.84. The first-order valence-electron chi connectivity index (χ1n) is 10.8. The third-order valence-electron chi connectivity index (χ3n) is 5.26. The lowest BCUT2D eigenvalue weighted by molar-refractivity contribution is -0.130. The summed E-state index contributed by atoms with van der Waals surface area (Å²) >= 11 is 0. The lowest BCUT2D eigenvalue weighted by Gasteiger charge is -2.11. The SMILES string of the molecule is Cc1ccc(C)c(OCC(=O)NNC(=O)CCc2nc3ccccc3n2-c2ccccc2)c1. The van der Waals surface area contributed by atoms with Crippen molar-refractivity contribution in [2.45, 2.75) is 26.7 Å². The van der Waals surface area contributed by atoms with Gasteiger partial charge in [-0.1, -0.05) is 42.5 Å². The van der Waals surface area contributed by atoms with Gasteiger partial charge in [-0.15, -0.1) is 0 Å². The molecule has 33 heavy (non-hydrogen) atoms. The molecule has 0 spiro atoms. The fourth-order valence-electron chi connectivity index (χ4n) is 3.58. The Bertz CT molecular complexity index is 1280. The number of hydrogen-bond acceptors (Lipinski definition) is 4. The lowest BCUT2D eigenvalue weighted by atomic mass is 10.1. The van der Waals surface area contributed by atoms with E-state index in [1.807, 2.05) is 86.6 Å². The van der Waals surface area contributed by atoms with E-state index in [0.717, 1.165) is 33.7 Å². The highest BCUT2D eigenvalue weighted by atomic mass is 16.5. The summed E-state index contributed by atoms with van der Waals surface area (Å²) in [5.74, 6) is 0.695. The Kier molecular flexibility index (Phi) is 6.69. The van der Waals surface area contributed by atoms with Crippen molar-refractivity contribution in [2.75, 3.05) is 6.61 Å². The van der Waals surface area contributed by atoms with Gasteiger partial charge in [0.1, 0.15) is 11.6 Å². The van der Waals surface area contributed by atoms with Gasteiger partial charge in [-0.2, -0.15) is 0 Å². The molecule has 0 aliphatic heterocycles. The van der Waals surface area contributed by atoms with E-state index < -0.39 is 5.91 Å². The summed E-state index contributed by atoms with van der Waals surface area (Å²) in [5.41, 5.74) is 9.68. The van der Waals surface area contributed by atoms with E-state index in [9.17, 15) is 9.59 Å². The third-order valence-corrected chi connectivity index (χ3v) is 5.26. The van der Waals surface area contributed by atoms with Crippen LogP contribution in [0.5, 0.6) is 5.75 Å². The zero-order valence-corrected chi connectivity index (χ0v) is 18.7. The van der Waals surface area contributed by atoms with E-state index in [4.69, 9.17) is 9.72 Å². The van der Waals surface area contributed by atoms with E-state index in [2.05, 4.69) is 15.4 Å². The quantitative estimate of drug-likeness (QED) is 0.427. The molecule has 4 aromatic rings. The number of carbonyl (C=O) groups excluding carboxylic acids is 2. The van der Waals surface area contributed by atoms with Gasteiger partial charge in [0.2, 0.25) is 5.91 Å². The van der Waals surface area contributed by atoms with Crippen molar-refractivity contribution in [3.05, 3.63) is 89.7 Å². The molecule has 0 fully saturated rings. The molecule has 168 valence electrons. The van der Waals surface area contributed by atoms with Crippen molar-refractivity contribution in [3.63, 3.8) is 0 Å². The number of carbonyl (C=O) groups is 2. The number of rotatable bonds is 7.